The highest BCUT2D eigenvalue weighted by atomic mass is 35.5. The maximum absolute atomic E-state index is 13.4. The third kappa shape index (κ3) is 2.37. The summed E-state index contributed by atoms with van der Waals surface area (Å²) >= 11 is 12.5. The molecule has 0 unspecified atom stereocenters. The highest BCUT2D eigenvalue weighted by Gasteiger charge is 2.39. The second kappa shape index (κ2) is 6.52. The van der Waals surface area contributed by atoms with Crippen LogP contribution in [0.2, 0.25) is 10.0 Å². The van der Waals surface area contributed by atoms with Gasteiger partial charge in [-0.3, -0.25) is 33.9 Å². The number of hydrogen-bond acceptors (Lipinski definition) is 7. The first-order valence-electron chi connectivity index (χ1n) is 8.99. The molecule has 0 spiro atoms. The zero-order valence-corrected chi connectivity index (χ0v) is 17.2. The Morgan fingerprint density at radius 2 is 1.41 bits per heavy atom. The number of aromatic hydroxyl groups is 1. The van der Waals surface area contributed by atoms with Gasteiger partial charge in [-0.2, -0.15) is 0 Å². The Morgan fingerprint density at radius 3 is 2.03 bits per heavy atom. The van der Waals surface area contributed by atoms with Crippen molar-refractivity contribution in [1.29, 1.82) is 0 Å². The minimum absolute atomic E-state index is 0.0183. The number of halogens is 2. The molecule has 11 heteroatoms. The molecule has 0 saturated heterocycles. The maximum Gasteiger partial charge on any atom is 0.262 e. The number of fused-ring (bicyclic) bond motifs is 3. The van der Waals surface area contributed by atoms with Gasteiger partial charge in [-0.15, -0.1) is 0 Å². The molecule has 32 heavy (non-hydrogen) atoms. The van der Waals surface area contributed by atoms with Crippen LogP contribution in [0.15, 0.2) is 35.1 Å². The summed E-state index contributed by atoms with van der Waals surface area (Å²) in [6.07, 6.45) is 0. The lowest BCUT2D eigenvalue weighted by Crippen LogP contribution is -2.29. The van der Waals surface area contributed by atoms with E-state index in [2.05, 4.69) is 0 Å². The number of anilines is 1. The van der Waals surface area contributed by atoms with Gasteiger partial charge in [-0.25, -0.2) is 0 Å². The van der Waals surface area contributed by atoms with Crippen molar-refractivity contribution < 1.29 is 24.3 Å². The van der Waals surface area contributed by atoms with E-state index in [0.717, 1.165) is 10.6 Å². The van der Waals surface area contributed by atoms with Crippen molar-refractivity contribution in [3.63, 3.8) is 0 Å². The number of rotatable bonds is 1. The molecule has 1 aliphatic carbocycles. The average molecular weight is 470 g/mol. The lowest BCUT2D eigenvalue weighted by atomic mass is 9.82. The molecule has 0 saturated carbocycles. The van der Waals surface area contributed by atoms with Gasteiger partial charge in [-0.1, -0.05) is 47.5 Å². The van der Waals surface area contributed by atoms with Crippen molar-refractivity contribution in [1.82, 2.24) is 9.88 Å². The number of hydrogen-bond donors (Lipinski definition) is 3. The van der Waals surface area contributed by atoms with Crippen LogP contribution in [-0.2, 0) is 0 Å². The van der Waals surface area contributed by atoms with E-state index < -0.39 is 61.7 Å². The van der Waals surface area contributed by atoms with Crippen LogP contribution in [0.1, 0.15) is 52.6 Å². The standard InChI is InChI=1S/C21H9Cl2N3O6/c22-13-14(23)18(30)12-11(16(28)6-3-1-2-4-7(6)17(12)29)15(13)26-9(27)5-8-10(19(26)24)21(32)25-20(8)31/h1-5,30H,24H2,(H,25,31,32). The smallest absolute Gasteiger partial charge is 0.262 e. The predicted molar refractivity (Wildman–Crippen MR) is 113 cm³/mol. The number of phenols is 1. The van der Waals surface area contributed by atoms with Gasteiger partial charge in [0.1, 0.15) is 16.6 Å². The van der Waals surface area contributed by atoms with E-state index in [4.69, 9.17) is 28.9 Å². The summed E-state index contributed by atoms with van der Waals surface area (Å²) < 4.78 is 0.725. The Kier molecular flexibility index (Phi) is 4.07. The monoisotopic (exact) mass is 469 g/mol. The Hall–Kier alpha value is -3.95. The number of nitrogens with zero attached hydrogens (tertiary/aromatic N) is 1. The number of phenolic OH excluding ortho intramolecular Hbond substituents is 1. The van der Waals surface area contributed by atoms with Gasteiger partial charge in [0.2, 0.25) is 0 Å². The molecule has 0 radical (unpaired) electrons. The molecule has 4 N–H and O–H groups in total. The normalized spacial score (nSPS) is 14.2. The Labute approximate surface area is 188 Å². The summed E-state index contributed by atoms with van der Waals surface area (Å²) in [5.74, 6) is -4.30. The van der Waals surface area contributed by atoms with E-state index in [-0.39, 0.29) is 27.9 Å². The van der Waals surface area contributed by atoms with Gasteiger partial charge in [0, 0.05) is 17.2 Å². The number of nitrogens with one attached hydrogen (secondary N) is 1. The van der Waals surface area contributed by atoms with Gasteiger partial charge in [0.05, 0.1) is 33.0 Å². The molecule has 2 aromatic carbocycles. The molecule has 5 rings (SSSR count). The number of carbonyl (C=O) groups excluding carboxylic acids is 4. The van der Waals surface area contributed by atoms with E-state index in [0.29, 0.717) is 0 Å². The zero-order valence-electron chi connectivity index (χ0n) is 15.7. The molecule has 1 aliphatic heterocycles. The molecule has 0 fully saturated rings. The fraction of sp³-hybridized carbons (Fsp3) is 0. The van der Waals surface area contributed by atoms with Crippen LogP contribution in [0.5, 0.6) is 5.75 Å². The number of amides is 2. The first-order valence-corrected chi connectivity index (χ1v) is 9.74. The molecular formula is C21H9Cl2N3O6. The molecule has 3 aromatic rings. The van der Waals surface area contributed by atoms with Gasteiger partial charge < -0.3 is 10.8 Å². The zero-order chi connectivity index (χ0) is 23.1. The van der Waals surface area contributed by atoms with Gasteiger partial charge >= 0.3 is 0 Å². The van der Waals surface area contributed by atoms with Crippen LogP contribution >= 0.6 is 23.2 Å². The third-order valence-corrected chi connectivity index (χ3v) is 6.21. The quantitative estimate of drug-likeness (QED) is 0.361. The SMILES string of the molecule is Nc1c2c(cc(=O)n1-c1c(Cl)c(Cl)c(O)c3c1C(=O)c1ccccc1C3=O)C(=O)NC2=O. The fourth-order valence-corrected chi connectivity index (χ4v) is 4.43. The van der Waals surface area contributed by atoms with E-state index in [9.17, 15) is 29.1 Å². The minimum atomic E-state index is -0.906. The van der Waals surface area contributed by atoms with E-state index >= 15 is 0 Å². The number of ketones is 2. The summed E-state index contributed by atoms with van der Waals surface area (Å²) in [5, 5.41) is 11.7. The number of benzene rings is 2. The number of imide groups is 1. The van der Waals surface area contributed by atoms with E-state index in [1.54, 1.807) is 6.07 Å². The molecule has 158 valence electrons. The lowest BCUT2D eigenvalue weighted by Gasteiger charge is -2.24. The minimum Gasteiger partial charge on any atom is -0.506 e. The second-order valence-corrected chi connectivity index (χ2v) is 7.81. The first kappa shape index (κ1) is 20.0. The third-order valence-electron chi connectivity index (χ3n) is 5.38. The van der Waals surface area contributed by atoms with Crippen LogP contribution in [0.4, 0.5) is 5.82 Å². The van der Waals surface area contributed by atoms with Gasteiger partial charge in [0.25, 0.3) is 17.4 Å². The number of carbonyl (C=O) groups is 4. The van der Waals surface area contributed by atoms with E-state index in [1.807, 2.05) is 5.32 Å². The van der Waals surface area contributed by atoms with Crippen LogP contribution in [0, 0.1) is 0 Å². The number of nitrogens with two attached hydrogens (primary N) is 1. The number of aromatic nitrogens is 1. The molecule has 0 bridgehead atoms. The molecule has 1 aromatic heterocycles. The highest BCUT2D eigenvalue weighted by Crippen LogP contribution is 2.46. The predicted octanol–water partition coefficient (Wildman–Crippen LogP) is 2.09. The first-order chi connectivity index (χ1) is 15.1. The van der Waals surface area contributed by atoms with Crippen molar-refractivity contribution in [2.45, 2.75) is 0 Å². The molecule has 2 heterocycles. The lowest BCUT2D eigenvalue weighted by molar-refractivity contribution is 0.0878. The topological polar surface area (TPSA) is 149 Å². The summed E-state index contributed by atoms with van der Waals surface area (Å²) in [5.41, 5.74) is 3.45. The van der Waals surface area contributed by atoms with Crippen LogP contribution < -0.4 is 16.6 Å². The van der Waals surface area contributed by atoms with Crippen LogP contribution in [0.25, 0.3) is 5.69 Å². The van der Waals surface area contributed by atoms with Crippen molar-refractivity contribution in [3.05, 3.63) is 84.1 Å². The summed E-state index contributed by atoms with van der Waals surface area (Å²) in [4.78, 5) is 63.6. The Morgan fingerprint density at radius 1 is 0.812 bits per heavy atom. The van der Waals surface area contributed by atoms with Crippen molar-refractivity contribution in [3.8, 4) is 11.4 Å². The molecule has 0 atom stereocenters. The second-order valence-electron chi connectivity index (χ2n) is 7.05. The molecule has 2 aliphatic rings. The van der Waals surface area contributed by atoms with Gasteiger partial charge in [0.15, 0.2) is 11.6 Å². The van der Waals surface area contributed by atoms with Crippen molar-refractivity contribution >= 4 is 52.4 Å². The average Bonchev–Trinajstić information content (AvgIpc) is 3.04. The number of nitrogen functional groups attached to an aromatic ring is 1. The maximum atomic E-state index is 13.4. The largest absolute Gasteiger partial charge is 0.506 e. The molecule has 2 amide bonds. The van der Waals surface area contributed by atoms with Crippen molar-refractivity contribution in [2.24, 2.45) is 0 Å². The molecule has 9 nitrogen and oxygen atoms in total. The Balaban J connectivity index is 1.95. The van der Waals surface area contributed by atoms with E-state index in [1.165, 1.54) is 18.2 Å². The van der Waals surface area contributed by atoms with Crippen LogP contribution in [0.3, 0.4) is 0 Å². The number of pyridine rings is 1. The summed E-state index contributed by atoms with van der Waals surface area (Å²) in [6.45, 7) is 0. The summed E-state index contributed by atoms with van der Waals surface area (Å²) in [6, 6.07) is 6.76. The highest BCUT2D eigenvalue weighted by molar-refractivity contribution is 6.46. The van der Waals surface area contributed by atoms with Gasteiger partial charge in [-0.05, 0) is 0 Å². The van der Waals surface area contributed by atoms with Crippen molar-refractivity contribution in [2.75, 3.05) is 5.73 Å². The Bertz CT molecular complexity index is 1540. The fourth-order valence-electron chi connectivity index (χ4n) is 3.97. The summed E-state index contributed by atoms with van der Waals surface area (Å²) in [7, 11) is 0. The van der Waals surface area contributed by atoms with Crippen LogP contribution in [-0.4, -0.2) is 33.1 Å². The molecular weight excluding hydrogens is 461 g/mol.